The molecule has 0 saturated heterocycles. The number of carbonyl (C=O) groups is 2. The summed E-state index contributed by atoms with van der Waals surface area (Å²) in [6, 6.07) is 0. The molecule has 520 valence electrons. The molecule has 0 aliphatic heterocycles. The van der Waals surface area contributed by atoms with Crippen molar-refractivity contribution in [3.05, 3.63) is 109 Å². The lowest BCUT2D eigenvalue weighted by atomic mass is 10.0. The number of quaternary nitrogens is 1. The number of carbonyl (C=O) groups excluding carboxylic acids is 2. The number of likely N-dealkylation sites (N-methyl/N-ethyl adjacent to an activating group) is 1. The summed E-state index contributed by atoms with van der Waals surface area (Å²) in [5.41, 5.74) is 0. The van der Waals surface area contributed by atoms with Gasteiger partial charge in [-0.2, -0.15) is 0 Å². The van der Waals surface area contributed by atoms with Crippen LogP contribution in [-0.2, 0) is 32.7 Å². The van der Waals surface area contributed by atoms with Crippen molar-refractivity contribution >= 4 is 19.8 Å². The summed E-state index contributed by atoms with van der Waals surface area (Å²) < 4.78 is 34.4. The molecule has 0 saturated carbocycles. The highest BCUT2D eigenvalue weighted by atomic mass is 31.2. The van der Waals surface area contributed by atoms with E-state index in [2.05, 4.69) is 123 Å². The molecule has 0 aromatic rings. The molecule has 0 N–H and O–H groups in total. The van der Waals surface area contributed by atoms with E-state index in [1.807, 2.05) is 21.1 Å². The molecule has 0 radical (unpaired) electrons. The molecule has 2 unspecified atom stereocenters. The van der Waals surface area contributed by atoms with Gasteiger partial charge in [-0.1, -0.05) is 335 Å². The molecule has 90 heavy (non-hydrogen) atoms. The van der Waals surface area contributed by atoms with Gasteiger partial charge in [0.05, 0.1) is 27.7 Å². The van der Waals surface area contributed by atoms with Crippen LogP contribution >= 0.6 is 7.82 Å². The molecule has 0 aromatic heterocycles. The van der Waals surface area contributed by atoms with Crippen molar-refractivity contribution in [3.63, 3.8) is 0 Å². The molecule has 0 bridgehead atoms. The smallest absolute Gasteiger partial charge is 0.306 e. The fourth-order valence-electron chi connectivity index (χ4n) is 10.6. The minimum absolute atomic E-state index is 0.0325. The zero-order valence-electron chi connectivity index (χ0n) is 59.3. The Labute approximate surface area is 556 Å². The highest BCUT2D eigenvalue weighted by molar-refractivity contribution is 7.45. The number of unbranched alkanes of at least 4 members (excludes halogenated alkanes) is 37. The van der Waals surface area contributed by atoms with E-state index in [1.54, 1.807) is 0 Å². The van der Waals surface area contributed by atoms with E-state index < -0.39 is 26.5 Å². The molecule has 0 rings (SSSR count). The average molecular weight is 1280 g/mol. The maximum absolute atomic E-state index is 12.9. The van der Waals surface area contributed by atoms with Crippen LogP contribution in [-0.4, -0.2) is 70.0 Å². The highest BCUT2D eigenvalue weighted by Gasteiger charge is 2.22. The van der Waals surface area contributed by atoms with Crippen LogP contribution in [0.1, 0.15) is 335 Å². The third kappa shape index (κ3) is 73.7. The summed E-state index contributed by atoms with van der Waals surface area (Å²) in [5.74, 6) is -0.824. The molecule has 2 atom stereocenters. The van der Waals surface area contributed by atoms with Gasteiger partial charge < -0.3 is 27.9 Å². The van der Waals surface area contributed by atoms with E-state index in [9.17, 15) is 19.0 Å². The Bertz CT molecular complexity index is 1890. The Kier molecular flexibility index (Phi) is 67.4. The van der Waals surface area contributed by atoms with Gasteiger partial charge in [0.2, 0.25) is 0 Å². The van der Waals surface area contributed by atoms with Crippen LogP contribution in [0.2, 0.25) is 0 Å². The van der Waals surface area contributed by atoms with Crippen molar-refractivity contribution in [3.8, 4) is 0 Å². The predicted molar refractivity (Wildman–Crippen MR) is 388 cm³/mol. The van der Waals surface area contributed by atoms with Gasteiger partial charge in [0.25, 0.3) is 7.82 Å². The monoisotopic (exact) mass is 1280 g/mol. The van der Waals surface area contributed by atoms with E-state index >= 15 is 0 Å². The summed E-state index contributed by atoms with van der Waals surface area (Å²) in [5, 5.41) is 0. The normalized spacial score (nSPS) is 13.7. The first-order valence-corrected chi connectivity index (χ1v) is 39.1. The van der Waals surface area contributed by atoms with Crippen molar-refractivity contribution < 1.29 is 42.1 Å². The lowest BCUT2D eigenvalue weighted by Gasteiger charge is -2.28. The molecule has 0 spiro atoms. The Hall–Kier alpha value is -3.33. The lowest BCUT2D eigenvalue weighted by Crippen LogP contribution is -2.37. The Balaban J connectivity index is 3.93. The number of nitrogens with zero attached hydrogens (tertiary/aromatic N) is 1. The molecule has 0 amide bonds. The molecule has 0 aliphatic carbocycles. The second kappa shape index (κ2) is 70.0. The van der Waals surface area contributed by atoms with Crippen molar-refractivity contribution in [1.82, 2.24) is 0 Å². The van der Waals surface area contributed by atoms with Gasteiger partial charge in [-0.25, -0.2) is 0 Å². The van der Waals surface area contributed by atoms with Gasteiger partial charge in [-0.3, -0.25) is 14.2 Å². The number of phosphoric acid groups is 1. The summed E-state index contributed by atoms with van der Waals surface area (Å²) >= 11 is 0. The van der Waals surface area contributed by atoms with Gasteiger partial charge in [0.1, 0.15) is 19.8 Å². The van der Waals surface area contributed by atoms with Crippen LogP contribution < -0.4 is 4.89 Å². The number of hydrogen-bond donors (Lipinski definition) is 0. The third-order valence-corrected chi connectivity index (χ3v) is 17.3. The minimum atomic E-state index is -4.65. The van der Waals surface area contributed by atoms with E-state index in [4.69, 9.17) is 18.5 Å². The Morgan fingerprint density at radius 3 is 0.889 bits per heavy atom. The second-order valence-electron chi connectivity index (χ2n) is 26.3. The van der Waals surface area contributed by atoms with Gasteiger partial charge in [-0.15, -0.1) is 0 Å². The van der Waals surface area contributed by atoms with E-state index in [0.717, 1.165) is 96.3 Å². The Morgan fingerprint density at radius 1 is 0.344 bits per heavy atom. The second-order valence-corrected chi connectivity index (χ2v) is 27.7. The molecular weight excluding hydrogens is 1130 g/mol. The number of phosphoric ester groups is 1. The van der Waals surface area contributed by atoms with E-state index in [1.165, 1.54) is 205 Å². The Morgan fingerprint density at radius 2 is 0.600 bits per heavy atom. The largest absolute Gasteiger partial charge is 0.756 e. The van der Waals surface area contributed by atoms with Crippen molar-refractivity contribution in [2.24, 2.45) is 0 Å². The fourth-order valence-corrected chi connectivity index (χ4v) is 11.3. The molecule has 10 heteroatoms. The summed E-state index contributed by atoms with van der Waals surface area (Å²) in [4.78, 5) is 38.1. The zero-order chi connectivity index (χ0) is 65.5. The number of hydrogen-bond acceptors (Lipinski definition) is 8. The molecule has 0 fully saturated rings. The molecular formula is C80H142NO8P. The highest BCUT2D eigenvalue weighted by Crippen LogP contribution is 2.38. The van der Waals surface area contributed by atoms with Gasteiger partial charge in [-0.05, 0) is 96.3 Å². The first kappa shape index (κ1) is 86.7. The van der Waals surface area contributed by atoms with Gasteiger partial charge >= 0.3 is 11.9 Å². The van der Waals surface area contributed by atoms with Crippen LogP contribution in [0, 0.1) is 0 Å². The lowest BCUT2D eigenvalue weighted by molar-refractivity contribution is -0.870. The molecule has 0 aromatic carbocycles. The summed E-state index contributed by atoms with van der Waals surface area (Å²) in [7, 11) is 1.17. The van der Waals surface area contributed by atoms with E-state index in [0.29, 0.717) is 17.4 Å². The minimum Gasteiger partial charge on any atom is -0.756 e. The maximum atomic E-state index is 12.9. The zero-order valence-corrected chi connectivity index (χ0v) is 60.2. The summed E-state index contributed by atoms with van der Waals surface area (Å²) in [6.07, 6.45) is 99.1. The predicted octanol–water partition coefficient (Wildman–Crippen LogP) is 24.2. The van der Waals surface area contributed by atoms with Crippen molar-refractivity contribution in [2.75, 3.05) is 47.5 Å². The molecule has 0 heterocycles. The van der Waals surface area contributed by atoms with Gasteiger partial charge in [0.15, 0.2) is 6.10 Å². The third-order valence-electron chi connectivity index (χ3n) is 16.3. The van der Waals surface area contributed by atoms with Crippen LogP contribution in [0.4, 0.5) is 0 Å². The SMILES string of the molecule is CC/C=C\C/C=C\C/C=C\C/C=C\C/C=C\CCCCCCCCCCCCCCCCCCCCCCCCCCCC(=O)OC(COC(=O)CCCCCCCCCCCCCC/C=C\C/C=C\C/C=C\C/C=C\CC)COP(=O)([O-])OCC[N+](C)(C)C. The number of esters is 2. The molecule has 0 aliphatic rings. The quantitative estimate of drug-likeness (QED) is 0.0195. The van der Waals surface area contributed by atoms with E-state index in [-0.39, 0.29) is 32.0 Å². The standard InChI is InChI=1S/C80H142NO8P/c1-6-8-10-12-14-16-18-20-22-24-26-28-30-32-33-34-35-36-37-38-39-40-41-42-43-44-45-46-47-49-51-53-55-57-59-61-63-65-67-69-71-73-80(83)89-78(77-88-90(84,85)87-75-74-81(3,4)5)76-86-79(82)72-70-68-66-64-62-60-58-56-54-52-50-48-31-29-27-25-23-21-19-17-15-13-11-9-7-2/h8-11,14-17,20-23,26-29,32-33,78H,6-7,12-13,18-19,24-25,30-31,34-77H2,1-5H3/b10-8-,11-9-,16-14-,17-15-,22-20-,23-21-,28-26-,29-27-,33-32-. The summed E-state index contributed by atoms with van der Waals surface area (Å²) in [6.45, 7) is 4.05. The first-order valence-electron chi connectivity index (χ1n) is 37.6. The maximum Gasteiger partial charge on any atom is 0.306 e. The fraction of sp³-hybridized carbons (Fsp3) is 0.750. The van der Waals surface area contributed by atoms with Crippen LogP contribution in [0.25, 0.3) is 0 Å². The number of rotatable bonds is 69. The van der Waals surface area contributed by atoms with Crippen molar-refractivity contribution in [1.29, 1.82) is 0 Å². The van der Waals surface area contributed by atoms with Crippen LogP contribution in [0.5, 0.6) is 0 Å². The number of ether oxygens (including phenoxy) is 2. The van der Waals surface area contributed by atoms with Crippen molar-refractivity contribution in [2.45, 2.75) is 341 Å². The van der Waals surface area contributed by atoms with Gasteiger partial charge in [0, 0.05) is 12.8 Å². The first-order chi connectivity index (χ1) is 44.0. The van der Waals surface area contributed by atoms with Crippen LogP contribution in [0.3, 0.4) is 0 Å². The topological polar surface area (TPSA) is 111 Å². The van der Waals surface area contributed by atoms with Crippen LogP contribution in [0.15, 0.2) is 109 Å². The average Bonchev–Trinajstić information content (AvgIpc) is 3.62. The molecule has 9 nitrogen and oxygen atoms in total. The number of allylic oxidation sites excluding steroid dienone is 18.